The Hall–Kier alpha value is -1.38. The summed E-state index contributed by atoms with van der Waals surface area (Å²) in [5, 5.41) is 10.4. The van der Waals surface area contributed by atoms with E-state index < -0.39 is 0 Å². The second-order valence-electron chi connectivity index (χ2n) is 3.05. The number of aromatic nitrogens is 3. The van der Waals surface area contributed by atoms with E-state index in [9.17, 15) is 0 Å². The predicted molar refractivity (Wildman–Crippen MR) is 46.6 cm³/mol. The van der Waals surface area contributed by atoms with Crippen molar-refractivity contribution in [3.63, 3.8) is 0 Å². The van der Waals surface area contributed by atoms with Crippen molar-refractivity contribution in [2.45, 2.75) is 19.3 Å². The molecule has 0 amide bonds. The minimum Gasteiger partial charge on any atom is -0.265 e. The molecule has 0 spiro atoms. The molecule has 3 heteroatoms. The predicted octanol–water partition coefficient (Wildman–Crippen LogP) is 1.79. The van der Waals surface area contributed by atoms with Crippen LogP contribution in [0.3, 0.4) is 0 Å². The standard InChI is InChI=1S/C9H11N3/c1-7-2-4-8(5-3-7)9-6-10-12-11-9/h2-4,6,8H,5H2,1H3,(H,10,11,12). The van der Waals surface area contributed by atoms with Crippen LogP contribution in [0.15, 0.2) is 30.0 Å². The van der Waals surface area contributed by atoms with E-state index >= 15 is 0 Å². The van der Waals surface area contributed by atoms with Crippen LogP contribution in [-0.2, 0) is 0 Å². The lowest BCUT2D eigenvalue weighted by atomic mass is 9.95. The Kier molecular flexibility index (Phi) is 1.78. The van der Waals surface area contributed by atoms with E-state index in [0.717, 1.165) is 12.1 Å². The second-order valence-corrected chi connectivity index (χ2v) is 3.05. The van der Waals surface area contributed by atoms with Crippen molar-refractivity contribution >= 4 is 0 Å². The molecule has 0 radical (unpaired) electrons. The van der Waals surface area contributed by atoms with Crippen molar-refractivity contribution in [3.8, 4) is 0 Å². The van der Waals surface area contributed by atoms with Crippen LogP contribution >= 0.6 is 0 Å². The first-order chi connectivity index (χ1) is 5.86. The molecule has 1 aliphatic rings. The zero-order valence-corrected chi connectivity index (χ0v) is 6.99. The van der Waals surface area contributed by atoms with E-state index in [1.165, 1.54) is 5.57 Å². The molecule has 1 aromatic rings. The van der Waals surface area contributed by atoms with Crippen LogP contribution < -0.4 is 0 Å². The van der Waals surface area contributed by atoms with Crippen LogP contribution in [0, 0.1) is 0 Å². The molecule has 0 aliphatic heterocycles. The van der Waals surface area contributed by atoms with Crippen LogP contribution in [0.2, 0.25) is 0 Å². The molecule has 0 fully saturated rings. The third-order valence-electron chi connectivity index (χ3n) is 2.10. The molecule has 0 saturated carbocycles. The Morgan fingerprint density at radius 2 is 2.50 bits per heavy atom. The molecule has 1 aromatic heterocycles. The molecule has 3 nitrogen and oxygen atoms in total. The summed E-state index contributed by atoms with van der Waals surface area (Å²) in [4.78, 5) is 0. The van der Waals surface area contributed by atoms with Gasteiger partial charge in [0.1, 0.15) is 0 Å². The van der Waals surface area contributed by atoms with Gasteiger partial charge in [-0.25, -0.2) is 0 Å². The van der Waals surface area contributed by atoms with Crippen molar-refractivity contribution in [3.05, 3.63) is 35.7 Å². The van der Waals surface area contributed by atoms with Gasteiger partial charge in [0.25, 0.3) is 0 Å². The third kappa shape index (κ3) is 1.30. The number of allylic oxidation sites excluding steroid dienone is 4. The van der Waals surface area contributed by atoms with E-state index in [2.05, 4.69) is 40.6 Å². The first-order valence-electron chi connectivity index (χ1n) is 4.07. The van der Waals surface area contributed by atoms with Gasteiger partial charge in [0.05, 0.1) is 5.69 Å². The Labute approximate surface area is 71.2 Å². The van der Waals surface area contributed by atoms with Crippen molar-refractivity contribution < 1.29 is 0 Å². The summed E-state index contributed by atoms with van der Waals surface area (Å²) >= 11 is 0. The Bertz CT molecular complexity index is 309. The maximum absolute atomic E-state index is 3.98. The van der Waals surface area contributed by atoms with Crippen molar-refractivity contribution in [2.24, 2.45) is 0 Å². The second kappa shape index (κ2) is 2.93. The fourth-order valence-electron chi connectivity index (χ4n) is 1.34. The molecule has 0 bridgehead atoms. The lowest BCUT2D eigenvalue weighted by Gasteiger charge is -2.10. The molecule has 1 unspecified atom stereocenters. The van der Waals surface area contributed by atoms with Gasteiger partial charge in [-0.05, 0) is 13.3 Å². The van der Waals surface area contributed by atoms with Crippen molar-refractivity contribution in [2.75, 3.05) is 0 Å². The maximum Gasteiger partial charge on any atom is 0.0896 e. The van der Waals surface area contributed by atoms with Crippen LogP contribution in [0.1, 0.15) is 25.0 Å². The van der Waals surface area contributed by atoms with Crippen LogP contribution in [0.25, 0.3) is 0 Å². The molecule has 2 rings (SSSR count). The van der Waals surface area contributed by atoms with Gasteiger partial charge >= 0.3 is 0 Å². The largest absolute Gasteiger partial charge is 0.265 e. The molecular formula is C9H11N3. The average Bonchev–Trinajstić information content (AvgIpc) is 2.58. The fourth-order valence-corrected chi connectivity index (χ4v) is 1.34. The molecule has 1 N–H and O–H groups in total. The summed E-state index contributed by atoms with van der Waals surface area (Å²) in [6.45, 7) is 2.11. The molecule has 12 heavy (non-hydrogen) atoms. The number of hydrogen-bond donors (Lipinski definition) is 1. The van der Waals surface area contributed by atoms with Crippen LogP contribution in [0.4, 0.5) is 0 Å². The topological polar surface area (TPSA) is 41.6 Å². The van der Waals surface area contributed by atoms with Gasteiger partial charge in [0, 0.05) is 12.1 Å². The van der Waals surface area contributed by atoms with Gasteiger partial charge in [-0.3, -0.25) is 5.10 Å². The maximum atomic E-state index is 3.98. The normalized spacial score (nSPS) is 22.4. The summed E-state index contributed by atoms with van der Waals surface area (Å²) in [5.74, 6) is 0.410. The number of nitrogens with one attached hydrogen (secondary N) is 1. The summed E-state index contributed by atoms with van der Waals surface area (Å²) in [6.07, 6.45) is 9.41. The molecule has 1 heterocycles. The van der Waals surface area contributed by atoms with Crippen molar-refractivity contribution in [1.82, 2.24) is 15.4 Å². The highest BCUT2D eigenvalue weighted by molar-refractivity contribution is 5.27. The highest BCUT2D eigenvalue weighted by Gasteiger charge is 2.11. The van der Waals surface area contributed by atoms with Gasteiger partial charge in [-0.1, -0.05) is 29.0 Å². The van der Waals surface area contributed by atoms with Gasteiger partial charge in [0.15, 0.2) is 0 Å². The number of nitrogens with zero attached hydrogens (tertiary/aromatic N) is 2. The first kappa shape index (κ1) is 7.28. The molecule has 1 atom stereocenters. The lowest BCUT2D eigenvalue weighted by Crippen LogP contribution is -1.97. The third-order valence-corrected chi connectivity index (χ3v) is 2.10. The number of H-pyrrole nitrogens is 1. The highest BCUT2D eigenvalue weighted by atomic mass is 15.3. The zero-order chi connectivity index (χ0) is 8.39. The van der Waals surface area contributed by atoms with Crippen molar-refractivity contribution in [1.29, 1.82) is 0 Å². The minimum atomic E-state index is 0.410. The van der Waals surface area contributed by atoms with Gasteiger partial charge in [-0.15, -0.1) is 5.10 Å². The molecular weight excluding hydrogens is 150 g/mol. The van der Waals surface area contributed by atoms with Gasteiger partial charge < -0.3 is 0 Å². The van der Waals surface area contributed by atoms with E-state index in [-0.39, 0.29) is 0 Å². The van der Waals surface area contributed by atoms with E-state index in [4.69, 9.17) is 0 Å². The summed E-state index contributed by atoms with van der Waals surface area (Å²) in [6, 6.07) is 0. The summed E-state index contributed by atoms with van der Waals surface area (Å²) in [7, 11) is 0. The first-order valence-corrected chi connectivity index (χ1v) is 4.07. The monoisotopic (exact) mass is 161 g/mol. The average molecular weight is 161 g/mol. The SMILES string of the molecule is CC1=CCC(c2c[nH]nn2)C=C1. The summed E-state index contributed by atoms with van der Waals surface area (Å²) < 4.78 is 0. The molecule has 1 aliphatic carbocycles. The van der Waals surface area contributed by atoms with E-state index in [0.29, 0.717) is 5.92 Å². The quantitative estimate of drug-likeness (QED) is 0.682. The minimum absolute atomic E-state index is 0.410. The Morgan fingerprint density at radius 1 is 1.58 bits per heavy atom. The molecule has 0 aromatic carbocycles. The smallest absolute Gasteiger partial charge is 0.0896 e. The Balaban J connectivity index is 2.15. The van der Waals surface area contributed by atoms with Crippen LogP contribution in [0.5, 0.6) is 0 Å². The lowest BCUT2D eigenvalue weighted by molar-refractivity contribution is 0.794. The van der Waals surface area contributed by atoms with E-state index in [1.54, 1.807) is 0 Å². The van der Waals surface area contributed by atoms with Gasteiger partial charge in [-0.2, -0.15) is 0 Å². The number of hydrogen-bond acceptors (Lipinski definition) is 2. The number of aromatic amines is 1. The Morgan fingerprint density at radius 3 is 3.08 bits per heavy atom. The van der Waals surface area contributed by atoms with Gasteiger partial charge in [0.2, 0.25) is 0 Å². The highest BCUT2D eigenvalue weighted by Crippen LogP contribution is 2.23. The number of rotatable bonds is 1. The summed E-state index contributed by atoms with van der Waals surface area (Å²) in [5.41, 5.74) is 2.35. The fraction of sp³-hybridized carbons (Fsp3) is 0.333. The molecule has 62 valence electrons. The zero-order valence-electron chi connectivity index (χ0n) is 6.99. The van der Waals surface area contributed by atoms with E-state index in [1.807, 2.05) is 6.20 Å². The molecule has 0 saturated heterocycles. The van der Waals surface area contributed by atoms with Crippen LogP contribution in [-0.4, -0.2) is 15.4 Å².